The first kappa shape index (κ1) is 65.2. The quantitative estimate of drug-likeness (QED) is 0.0209. The Bertz CT molecular complexity index is 2400. The zero-order chi connectivity index (χ0) is 58.9. The molecule has 79 heavy (non-hydrogen) atoms. The fourth-order valence-electron chi connectivity index (χ4n) is 8.63. The van der Waals surface area contributed by atoms with Gasteiger partial charge >= 0.3 is 20.2 Å². The van der Waals surface area contributed by atoms with Crippen LogP contribution in [0.15, 0.2) is 58.5 Å². The molecular formula is C54H88B2N12O11. The zero-order valence-electron chi connectivity index (χ0n) is 47.9. The Hall–Kier alpha value is -6.27. The molecule has 0 bridgehead atoms. The van der Waals surface area contributed by atoms with E-state index in [2.05, 4.69) is 36.6 Å². The summed E-state index contributed by atoms with van der Waals surface area (Å²) in [4.78, 5) is 90.2. The average Bonchev–Trinajstić information content (AvgIpc) is 3.94. The summed E-state index contributed by atoms with van der Waals surface area (Å²) in [6, 6.07) is 8.69. The number of unbranched alkanes of at least 4 members (excludes halogenated alkanes) is 2. The third kappa shape index (κ3) is 20.4. The minimum absolute atomic E-state index is 0.00751. The lowest BCUT2D eigenvalue weighted by Crippen LogP contribution is -2.59. The molecule has 436 valence electrons. The van der Waals surface area contributed by atoms with Gasteiger partial charge in [0.05, 0.1) is 28.4 Å². The largest absolute Gasteiger partial charge is 0.494 e. The van der Waals surface area contributed by atoms with Gasteiger partial charge in [0.2, 0.25) is 29.5 Å². The van der Waals surface area contributed by atoms with Crippen molar-refractivity contribution in [1.82, 2.24) is 26.6 Å². The highest BCUT2D eigenvalue weighted by Gasteiger charge is 2.53. The van der Waals surface area contributed by atoms with Gasteiger partial charge in [-0.25, -0.2) is 0 Å². The molecule has 2 aromatic carbocycles. The molecule has 5 atom stereocenters. The van der Waals surface area contributed by atoms with E-state index >= 15 is 0 Å². The number of carbonyl (C=O) groups excluding carboxylic acids is 5. The van der Waals surface area contributed by atoms with Crippen molar-refractivity contribution >= 4 is 72.6 Å². The molecule has 0 spiro atoms. The summed E-state index contributed by atoms with van der Waals surface area (Å²) < 4.78 is 24.9. The molecule has 0 saturated carbocycles. The highest BCUT2D eigenvalue weighted by Crippen LogP contribution is 2.37. The molecule has 0 aromatic heterocycles. The van der Waals surface area contributed by atoms with E-state index in [1.807, 2.05) is 106 Å². The number of guanidine groups is 2. The van der Waals surface area contributed by atoms with Gasteiger partial charge in [0.15, 0.2) is 11.9 Å². The lowest BCUT2D eigenvalue weighted by atomic mass is 9.78. The van der Waals surface area contributed by atoms with Crippen LogP contribution in [0.5, 0.6) is 0 Å². The van der Waals surface area contributed by atoms with Crippen LogP contribution in [0, 0.1) is 5.92 Å². The number of amides is 5. The molecule has 16 N–H and O–H groups in total. The number of carboxylic acid groups (broad SMARTS) is 1. The van der Waals surface area contributed by atoms with E-state index in [0.717, 1.165) is 16.5 Å². The van der Waals surface area contributed by atoms with Gasteiger partial charge in [-0.2, -0.15) is 0 Å². The van der Waals surface area contributed by atoms with Crippen LogP contribution in [0.3, 0.4) is 0 Å². The number of hydrogen-bond donors (Lipinski definition) is 11. The predicted molar refractivity (Wildman–Crippen MR) is 306 cm³/mol. The summed E-state index contributed by atoms with van der Waals surface area (Å²) in [5.74, 6) is -4.48. The van der Waals surface area contributed by atoms with E-state index in [9.17, 15) is 28.8 Å². The molecule has 4 rings (SSSR count). The normalized spacial score (nSPS) is 17.8. The van der Waals surface area contributed by atoms with Crippen LogP contribution in [0.2, 0.25) is 0 Å². The van der Waals surface area contributed by atoms with E-state index in [0.29, 0.717) is 24.8 Å². The fraction of sp³-hybridized carbons (Fsp3) is 0.630. The highest BCUT2D eigenvalue weighted by atomic mass is 16.7. The number of aliphatic imine (C=N–C) groups is 2. The lowest BCUT2D eigenvalue weighted by Gasteiger charge is -2.32. The molecule has 0 radical (unpaired) electrons. The number of rotatable bonds is 31. The van der Waals surface area contributed by atoms with Crippen molar-refractivity contribution in [2.75, 3.05) is 19.6 Å². The first-order chi connectivity index (χ1) is 36.9. The lowest BCUT2D eigenvalue weighted by molar-refractivity contribution is -0.137. The molecule has 0 unspecified atom stereocenters. The topological polar surface area (TPSA) is 375 Å². The minimum Gasteiger partial charge on any atom is -0.481 e. The van der Waals surface area contributed by atoms with Gasteiger partial charge in [0.25, 0.3) is 0 Å². The summed E-state index contributed by atoms with van der Waals surface area (Å²) in [7, 11) is -1.24. The number of carboxylic acids is 1. The van der Waals surface area contributed by atoms with E-state index < -0.39 is 102 Å². The van der Waals surface area contributed by atoms with Crippen molar-refractivity contribution in [3.63, 3.8) is 0 Å². The maximum absolute atomic E-state index is 14.7. The summed E-state index contributed by atoms with van der Waals surface area (Å²) in [6.45, 7) is 20.0. The Kier molecular flexibility index (Phi) is 24.2. The summed E-state index contributed by atoms with van der Waals surface area (Å²) in [5.41, 5.74) is 29.5. The smallest absolute Gasteiger partial charge is 0.481 e. The second kappa shape index (κ2) is 29.3. The Morgan fingerprint density at radius 3 is 1.34 bits per heavy atom. The van der Waals surface area contributed by atoms with Gasteiger partial charge < -0.3 is 79.0 Å². The molecule has 2 heterocycles. The van der Waals surface area contributed by atoms with Crippen LogP contribution >= 0.6 is 0 Å². The number of nitrogens with two attached hydrogens (primary N) is 5. The molecule has 2 saturated heterocycles. The second-order valence-corrected chi connectivity index (χ2v) is 22.9. The van der Waals surface area contributed by atoms with Crippen LogP contribution in [-0.2, 0) is 60.2 Å². The first-order valence-corrected chi connectivity index (χ1v) is 27.4. The monoisotopic (exact) mass is 1100 g/mol. The van der Waals surface area contributed by atoms with E-state index in [-0.39, 0.29) is 88.8 Å². The first-order valence-electron chi connectivity index (χ1n) is 27.4. The maximum atomic E-state index is 14.7. The number of nitrogens with one attached hydrogen (secondary N) is 5. The van der Waals surface area contributed by atoms with Gasteiger partial charge in [0, 0.05) is 32.5 Å². The molecule has 25 heteroatoms. The van der Waals surface area contributed by atoms with Crippen molar-refractivity contribution < 1.29 is 52.5 Å². The third-order valence-corrected chi connectivity index (χ3v) is 14.7. The van der Waals surface area contributed by atoms with E-state index in [4.69, 9.17) is 52.4 Å². The summed E-state index contributed by atoms with van der Waals surface area (Å²) >= 11 is 0. The molecule has 2 fully saturated rings. The van der Waals surface area contributed by atoms with Gasteiger partial charge in [-0.15, -0.1) is 0 Å². The molecular weight excluding hydrogens is 1010 g/mol. The number of nitrogens with zero attached hydrogens (tertiary/aromatic N) is 2. The summed E-state index contributed by atoms with van der Waals surface area (Å²) in [6.07, 6.45) is 2.42. The molecule has 2 aliphatic rings. The third-order valence-electron chi connectivity index (χ3n) is 14.7. The SMILES string of the molecule is CC(C)C[C@H](NC(=O)[C@H](Cc1ccc(B2OC(C)(C)C(C)(C)O2)cc1)NC(=O)[C@H](CCCN=C(N)N)NC(=O)[C@H](CCCN=C(N)N)NC(=O)[C@@H](N)Cc1ccc(B2OC(C)(C)C(C)(C)O2)cc1)C(=O)NCCCCCC(=O)O. The highest BCUT2D eigenvalue weighted by molar-refractivity contribution is 6.62. The molecule has 0 aliphatic carbocycles. The Morgan fingerprint density at radius 1 is 0.532 bits per heavy atom. The molecule has 23 nitrogen and oxygen atoms in total. The number of hydrogen-bond acceptors (Lipinski definition) is 13. The van der Waals surface area contributed by atoms with Gasteiger partial charge in [-0.1, -0.05) is 68.8 Å². The fourth-order valence-corrected chi connectivity index (χ4v) is 8.63. The van der Waals surface area contributed by atoms with Gasteiger partial charge in [0.1, 0.15) is 24.2 Å². The Balaban J connectivity index is 1.60. The van der Waals surface area contributed by atoms with Crippen molar-refractivity contribution in [3.05, 3.63) is 59.7 Å². The zero-order valence-corrected chi connectivity index (χ0v) is 47.9. The Morgan fingerprint density at radius 2 is 0.924 bits per heavy atom. The molecule has 2 aromatic rings. The number of carbonyl (C=O) groups is 6. The van der Waals surface area contributed by atoms with Crippen LogP contribution in [0.25, 0.3) is 0 Å². The van der Waals surface area contributed by atoms with Gasteiger partial charge in [-0.3, -0.25) is 38.8 Å². The molecule has 5 amide bonds. The van der Waals surface area contributed by atoms with Crippen molar-refractivity contribution in [1.29, 1.82) is 0 Å². The standard InChI is InChI=1S/C54H88B2N12O11/c1-33(2)30-41(45(72)62-27-13-11-12-18-43(69)70)67-48(75)42(32-35-21-25-37(26-22-35)56-78-53(7,8)54(9,10)79-56)68-47(74)40(17-15-29-64-50(60)61)66-46(73)39(16-14-28-63-49(58)59)65-44(71)38(57)31-34-19-23-36(24-20-34)55-76-51(3,4)52(5,6)77-55/h19-26,33,38-42H,11-18,27-32,57H2,1-10H3,(H,62,72)(H,65,71)(H,66,73)(H,67,75)(H,68,74)(H,69,70)(H4,58,59,63)(H4,60,61,64)/t38-,39-,40-,41-,42-/m0/s1. The molecule has 2 aliphatic heterocycles. The Labute approximate surface area is 466 Å². The predicted octanol–water partition coefficient (Wildman–Crippen LogP) is 0.251. The van der Waals surface area contributed by atoms with Crippen LogP contribution in [0.4, 0.5) is 0 Å². The second-order valence-electron chi connectivity index (χ2n) is 22.9. The van der Waals surface area contributed by atoms with Crippen LogP contribution in [0.1, 0.15) is 138 Å². The van der Waals surface area contributed by atoms with Crippen molar-refractivity contribution in [2.45, 2.75) is 192 Å². The number of benzene rings is 2. The van der Waals surface area contributed by atoms with Gasteiger partial charge in [-0.05, 0) is 135 Å². The van der Waals surface area contributed by atoms with E-state index in [1.54, 1.807) is 12.1 Å². The van der Waals surface area contributed by atoms with Crippen LogP contribution in [-0.4, -0.2) is 139 Å². The number of aliphatic carboxylic acids is 1. The van der Waals surface area contributed by atoms with Crippen molar-refractivity contribution in [3.8, 4) is 0 Å². The average molecular weight is 1100 g/mol. The maximum Gasteiger partial charge on any atom is 0.494 e. The van der Waals surface area contributed by atoms with Crippen molar-refractivity contribution in [2.24, 2.45) is 44.6 Å². The minimum atomic E-state index is -1.30. The van der Waals surface area contributed by atoms with E-state index in [1.165, 1.54) is 0 Å². The summed E-state index contributed by atoms with van der Waals surface area (Å²) in [5, 5.41) is 23.2. The van der Waals surface area contributed by atoms with Crippen LogP contribution < -0.4 is 66.2 Å².